The molecule has 0 bridgehead atoms. The quantitative estimate of drug-likeness (QED) is 0.911. The number of benzene rings is 1. The lowest BCUT2D eigenvalue weighted by Crippen LogP contribution is -2.44. The lowest BCUT2D eigenvalue weighted by molar-refractivity contribution is 0.218. The van der Waals surface area contributed by atoms with Crippen LogP contribution in [0.5, 0.6) is 0 Å². The third-order valence-corrected chi connectivity index (χ3v) is 6.43. The van der Waals surface area contributed by atoms with E-state index in [1.54, 1.807) is 16.4 Å². The van der Waals surface area contributed by atoms with Gasteiger partial charge in [-0.2, -0.15) is 4.31 Å². The number of anilines is 1. The highest BCUT2D eigenvalue weighted by Crippen LogP contribution is 2.31. The number of nitrogens with one attached hydrogen (secondary N) is 1. The molecule has 3 rings (SSSR count). The van der Waals surface area contributed by atoms with Crippen LogP contribution in [0, 0.1) is 5.92 Å². The SMILES string of the molecule is CC1CCC(C)N(S(=O)(=O)c2ccc3c(c2)NCC3)C1. The number of rotatable bonds is 2. The van der Waals surface area contributed by atoms with Gasteiger partial charge in [-0.3, -0.25) is 0 Å². The maximum atomic E-state index is 12.8. The van der Waals surface area contributed by atoms with Gasteiger partial charge in [-0.1, -0.05) is 13.0 Å². The van der Waals surface area contributed by atoms with Crippen molar-refractivity contribution < 1.29 is 8.42 Å². The maximum absolute atomic E-state index is 12.8. The van der Waals surface area contributed by atoms with Crippen LogP contribution >= 0.6 is 0 Å². The van der Waals surface area contributed by atoms with Crippen LogP contribution in [0.25, 0.3) is 0 Å². The molecule has 0 aliphatic carbocycles. The molecule has 0 spiro atoms. The number of piperidine rings is 1. The van der Waals surface area contributed by atoms with Crippen LogP contribution < -0.4 is 5.32 Å². The summed E-state index contributed by atoms with van der Waals surface area (Å²) < 4.78 is 27.4. The summed E-state index contributed by atoms with van der Waals surface area (Å²) in [6.45, 7) is 5.66. The Bertz CT molecular complexity index is 612. The minimum atomic E-state index is -3.37. The Morgan fingerprint density at radius 1 is 1.25 bits per heavy atom. The molecule has 1 aromatic rings. The van der Waals surface area contributed by atoms with Crippen molar-refractivity contribution in [3.05, 3.63) is 23.8 Å². The van der Waals surface area contributed by atoms with E-state index in [9.17, 15) is 8.42 Å². The molecule has 0 saturated carbocycles. The molecule has 110 valence electrons. The predicted molar refractivity (Wildman–Crippen MR) is 80.4 cm³/mol. The van der Waals surface area contributed by atoms with E-state index in [-0.39, 0.29) is 6.04 Å². The van der Waals surface area contributed by atoms with E-state index in [2.05, 4.69) is 12.2 Å². The van der Waals surface area contributed by atoms with Crippen LogP contribution in [0.4, 0.5) is 5.69 Å². The molecule has 1 N–H and O–H groups in total. The minimum absolute atomic E-state index is 0.0948. The average Bonchev–Trinajstić information content (AvgIpc) is 2.88. The van der Waals surface area contributed by atoms with Crippen LogP contribution in [-0.4, -0.2) is 31.9 Å². The second-order valence-electron chi connectivity index (χ2n) is 6.10. The highest BCUT2D eigenvalue weighted by molar-refractivity contribution is 7.89. The molecule has 2 aliphatic rings. The van der Waals surface area contributed by atoms with Crippen LogP contribution in [-0.2, 0) is 16.4 Å². The minimum Gasteiger partial charge on any atom is -0.384 e. The van der Waals surface area contributed by atoms with E-state index >= 15 is 0 Å². The van der Waals surface area contributed by atoms with Crippen LogP contribution in [0.1, 0.15) is 32.3 Å². The van der Waals surface area contributed by atoms with E-state index in [0.717, 1.165) is 31.5 Å². The highest BCUT2D eigenvalue weighted by Gasteiger charge is 2.33. The normalized spacial score (nSPS) is 27.1. The maximum Gasteiger partial charge on any atom is 0.243 e. The average molecular weight is 294 g/mol. The molecule has 2 heterocycles. The fourth-order valence-electron chi connectivity index (χ4n) is 3.15. The zero-order valence-electron chi connectivity index (χ0n) is 12.1. The van der Waals surface area contributed by atoms with Crippen molar-refractivity contribution in [3.63, 3.8) is 0 Å². The Kier molecular flexibility index (Phi) is 3.50. The summed E-state index contributed by atoms with van der Waals surface area (Å²) in [5.41, 5.74) is 2.19. The van der Waals surface area contributed by atoms with E-state index in [1.807, 2.05) is 13.0 Å². The molecule has 1 fully saturated rings. The number of hydrogen-bond donors (Lipinski definition) is 1. The first kappa shape index (κ1) is 13.9. The van der Waals surface area contributed by atoms with Crippen molar-refractivity contribution in [2.24, 2.45) is 5.92 Å². The number of sulfonamides is 1. The molecule has 2 atom stereocenters. The van der Waals surface area contributed by atoms with Gasteiger partial charge in [0.2, 0.25) is 10.0 Å². The molecule has 2 aliphatic heterocycles. The van der Waals surface area contributed by atoms with Gasteiger partial charge in [0.1, 0.15) is 0 Å². The van der Waals surface area contributed by atoms with Gasteiger partial charge in [-0.15, -0.1) is 0 Å². The molecule has 1 aromatic carbocycles. The summed E-state index contributed by atoms with van der Waals surface area (Å²) in [6.07, 6.45) is 3.04. The summed E-state index contributed by atoms with van der Waals surface area (Å²) >= 11 is 0. The van der Waals surface area contributed by atoms with Crippen molar-refractivity contribution in [1.29, 1.82) is 0 Å². The van der Waals surface area contributed by atoms with Gasteiger partial charge in [0.15, 0.2) is 0 Å². The molecule has 5 heteroatoms. The van der Waals surface area contributed by atoms with Gasteiger partial charge in [0.25, 0.3) is 0 Å². The molecular weight excluding hydrogens is 272 g/mol. The third-order valence-electron chi connectivity index (χ3n) is 4.46. The Labute approximate surface area is 121 Å². The van der Waals surface area contributed by atoms with Gasteiger partial charge in [-0.05, 0) is 49.8 Å². The van der Waals surface area contributed by atoms with Gasteiger partial charge in [0, 0.05) is 24.8 Å². The Morgan fingerprint density at radius 3 is 2.85 bits per heavy atom. The number of nitrogens with zero attached hydrogens (tertiary/aromatic N) is 1. The van der Waals surface area contributed by atoms with E-state index in [4.69, 9.17) is 0 Å². The monoisotopic (exact) mass is 294 g/mol. The fraction of sp³-hybridized carbons (Fsp3) is 0.600. The second-order valence-corrected chi connectivity index (χ2v) is 7.99. The summed E-state index contributed by atoms with van der Waals surface area (Å²) in [6, 6.07) is 5.59. The molecule has 4 nitrogen and oxygen atoms in total. The number of fused-ring (bicyclic) bond motifs is 1. The summed E-state index contributed by atoms with van der Waals surface area (Å²) in [4.78, 5) is 0.423. The zero-order valence-corrected chi connectivity index (χ0v) is 12.9. The second kappa shape index (κ2) is 5.04. The first-order chi connectivity index (χ1) is 9.48. The molecule has 20 heavy (non-hydrogen) atoms. The zero-order chi connectivity index (χ0) is 14.3. The lowest BCUT2D eigenvalue weighted by atomic mass is 9.97. The fourth-order valence-corrected chi connectivity index (χ4v) is 4.96. The van der Waals surface area contributed by atoms with Crippen LogP contribution in [0.2, 0.25) is 0 Å². The predicted octanol–water partition coefficient (Wildman–Crippen LogP) is 2.46. The van der Waals surface area contributed by atoms with Gasteiger partial charge < -0.3 is 5.32 Å². The van der Waals surface area contributed by atoms with Crippen molar-refractivity contribution in [3.8, 4) is 0 Å². The van der Waals surface area contributed by atoms with Gasteiger partial charge >= 0.3 is 0 Å². The van der Waals surface area contributed by atoms with E-state index in [0.29, 0.717) is 17.4 Å². The molecule has 0 radical (unpaired) electrons. The number of hydrogen-bond acceptors (Lipinski definition) is 3. The summed E-state index contributed by atoms with van der Waals surface area (Å²) in [5, 5.41) is 3.25. The lowest BCUT2D eigenvalue weighted by Gasteiger charge is -2.35. The van der Waals surface area contributed by atoms with Crippen molar-refractivity contribution in [1.82, 2.24) is 4.31 Å². The van der Waals surface area contributed by atoms with E-state index < -0.39 is 10.0 Å². The Balaban J connectivity index is 1.95. The van der Waals surface area contributed by atoms with Crippen molar-refractivity contribution >= 4 is 15.7 Å². The topological polar surface area (TPSA) is 49.4 Å². The summed E-state index contributed by atoms with van der Waals surface area (Å²) in [7, 11) is -3.37. The summed E-state index contributed by atoms with van der Waals surface area (Å²) in [5.74, 6) is 0.438. The van der Waals surface area contributed by atoms with Gasteiger partial charge in [0.05, 0.1) is 4.90 Å². The van der Waals surface area contributed by atoms with Crippen LogP contribution in [0.15, 0.2) is 23.1 Å². The van der Waals surface area contributed by atoms with Crippen LogP contribution in [0.3, 0.4) is 0 Å². The standard InChI is InChI=1S/C15H22N2O2S/c1-11-3-4-12(2)17(10-11)20(18,19)14-6-5-13-7-8-16-15(13)9-14/h5-6,9,11-12,16H,3-4,7-8,10H2,1-2H3. The largest absolute Gasteiger partial charge is 0.384 e. The molecule has 2 unspecified atom stereocenters. The van der Waals surface area contributed by atoms with Crippen molar-refractivity contribution in [2.75, 3.05) is 18.4 Å². The first-order valence-corrected chi connectivity index (χ1v) is 8.81. The Morgan fingerprint density at radius 2 is 2.05 bits per heavy atom. The van der Waals surface area contributed by atoms with E-state index in [1.165, 1.54) is 5.56 Å². The van der Waals surface area contributed by atoms with Gasteiger partial charge in [-0.25, -0.2) is 8.42 Å². The molecule has 1 saturated heterocycles. The molecule has 0 aromatic heterocycles. The molecule has 0 amide bonds. The first-order valence-electron chi connectivity index (χ1n) is 7.37. The molecular formula is C15H22N2O2S. The smallest absolute Gasteiger partial charge is 0.243 e. The Hall–Kier alpha value is -1.07. The third kappa shape index (κ3) is 2.33. The van der Waals surface area contributed by atoms with Crippen molar-refractivity contribution in [2.45, 2.75) is 44.0 Å². The highest BCUT2D eigenvalue weighted by atomic mass is 32.2.